The van der Waals surface area contributed by atoms with Gasteiger partial charge in [0.1, 0.15) is 11.5 Å². The zero-order chi connectivity index (χ0) is 21.9. The largest absolute Gasteiger partial charge is 0.495 e. The van der Waals surface area contributed by atoms with Gasteiger partial charge in [-0.2, -0.15) is 0 Å². The maximum atomic E-state index is 11.5. The van der Waals surface area contributed by atoms with E-state index in [0.717, 1.165) is 42.9 Å². The standard InChI is InChI=1S/C24H31Cl2NO3/c1-17-14-20(26)22(29-4)15-21(17)30-13-5-11-27-12-10-24(28,23(2,3)16-27)18-6-8-19(25)9-7-18/h6-9,14-15,28H,5,10-13,16H2,1-4H3. The van der Waals surface area contributed by atoms with Gasteiger partial charge in [-0.15, -0.1) is 0 Å². The molecule has 0 amide bonds. The first-order valence-electron chi connectivity index (χ1n) is 10.3. The zero-order valence-electron chi connectivity index (χ0n) is 18.2. The second-order valence-corrected chi connectivity index (χ2v) is 9.58. The molecule has 0 bridgehead atoms. The third-order valence-corrected chi connectivity index (χ3v) is 6.72. The minimum Gasteiger partial charge on any atom is -0.495 e. The lowest BCUT2D eigenvalue weighted by atomic mass is 9.66. The highest BCUT2D eigenvalue weighted by Crippen LogP contribution is 2.46. The number of rotatable bonds is 7. The minimum atomic E-state index is -0.860. The Kier molecular flexibility index (Phi) is 7.24. The van der Waals surface area contributed by atoms with E-state index in [-0.39, 0.29) is 5.41 Å². The monoisotopic (exact) mass is 451 g/mol. The molecule has 1 saturated heterocycles. The summed E-state index contributed by atoms with van der Waals surface area (Å²) in [6.45, 7) is 9.44. The summed E-state index contributed by atoms with van der Waals surface area (Å²) in [6, 6.07) is 11.3. The topological polar surface area (TPSA) is 41.9 Å². The van der Waals surface area contributed by atoms with Crippen molar-refractivity contribution in [1.82, 2.24) is 4.90 Å². The number of hydrogen-bond acceptors (Lipinski definition) is 4. The maximum absolute atomic E-state index is 11.5. The Morgan fingerprint density at radius 1 is 1.10 bits per heavy atom. The van der Waals surface area contributed by atoms with Crippen molar-refractivity contribution >= 4 is 23.2 Å². The van der Waals surface area contributed by atoms with Crippen molar-refractivity contribution < 1.29 is 14.6 Å². The molecule has 1 N–H and O–H groups in total. The average Bonchev–Trinajstić information content (AvgIpc) is 2.69. The molecule has 164 valence electrons. The quantitative estimate of drug-likeness (QED) is 0.548. The summed E-state index contributed by atoms with van der Waals surface area (Å²) in [5.74, 6) is 1.42. The second-order valence-electron chi connectivity index (χ2n) is 8.73. The van der Waals surface area contributed by atoms with Gasteiger partial charge in [0.25, 0.3) is 0 Å². The number of likely N-dealkylation sites (tertiary alicyclic amines) is 1. The summed E-state index contributed by atoms with van der Waals surface area (Å²) in [7, 11) is 1.60. The molecule has 0 aromatic heterocycles. The van der Waals surface area contributed by atoms with Crippen LogP contribution in [-0.2, 0) is 5.60 Å². The van der Waals surface area contributed by atoms with Gasteiger partial charge in [0.05, 0.1) is 24.3 Å². The third kappa shape index (κ3) is 4.88. The van der Waals surface area contributed by atoms with Gasteiger partial charge < -0.3 is 19.5 Å². The van der Waals surface area contributed by atoms with Crippen molar-refractivity contribution in [3.05, 3.63) is 57.6 Å². The van der Waals surface area contributed by atoms with Gasteiger partial charge >= 0.3 is 0 Å². The van der Waals surface area contributed by atoms with Crippen LogP contribution in [0.25, 0.3) is 0 Å². The third-order valence-electron chi connectivity index (χ3n) is 6.18. The predicted molar refractivity (Wildman–Crippen MR) is 123 cm³/mol. The van der Waals surface area contributed by atoms with Crippen LogP contribution in [0.1, 0.15) is 37.8 Å². The maximum Gasteiger partial charge on any atom is 0.141 e. The summed E-state index contributed by atoms with van der Waals surface area (Å²) in [4.78, 5) is 2.41. The van der Waals surface area contributed by atoms with Gasteiger partial charge in [0, 0.05) is 36.1 Å². The van der Waals surface area contributed by atoms with Crippen molar-refractivity contribution in [2.45, 2.75) is 39.2 Å². The Morgan fingerprint density at radius 3 is 2.43 bits per heavy atom. The average molecular weight is 452 g/mol. The molecule has 1 aliphatic rings. The molecule has 4 nitrogen and oxygen atoms in total. The highest BCUT2D eigenvalue weighted by atomic mass is 35.5. The molecule has 3 rings (SSSR count). The van der Waals surface area contributed by atoms with Gasteiger partial charge in [0.15, 0.2) is 0 Å². The van der Waals surface area contributed by atoms with Gasteiger partial charge in [-0.25, -0.2) is 0 Å². The lowest BCUT2D eigenvalue weighted by Crippen LogP contribution is -2.55. The number of aliphatic hydroxyl groups is 1. The van der Waals surface area contributed by atoms with Crippen LogP contribution in [0.15, 0.2) is 36.4 Å². The van der Waals surface area contributed by atoms with Gasteiger partial charge in [-0.05, 0) is 49.1 Å². The summed E-state index contributed by atoms with van der Waals surface area (Å²) in [5.41, 5.74) is 0.793. The van der Waals surface area contributed by atoms with Crippen LogP contribution in [0.4, 0.5) is 0 Å². The van der Waals surface area contributed by atoms with Gasteiger partial charge in [-0.3, -0.25) is 0 Å². The fourth-order valence-corrected chi connectivity index (χ4v) is 4.72. The van der Waals surface area contributed by atoms with Crippen LogP contribution in [-0.4, -0.2) is 43.4 Å². The number of nitrogens with zero attached hydrogens (tertiary/aromatic N) is 1. The summed E-state index contributed by atoms with van der Waals surface area (Å²) >= 11 is 12.2. The van der Waals surface area contributed by atoms with E-state index in [1.807, 2.05) is 43.3 Å². The van der Waals surface area contributed by atoms with E-state index in [0.29, 0.717) is 28.8 Å². The van der Waals surface area contributed by atoms with E-state index < -0.39 is 5.60 Å². The summed E-state index contributed by atoms with van der Waals surface area (Å²) in [5, 5.41) is 12.8. The molecule has 2 aromatic rings. The second kappa shape index (κ2) is 9.35. The van der Waals surface area contributed by atoms with E-state index in [1.165, 1.54) is 0 Å². The molecular weight excluding hydrogens is 421 g/mol. The Morgan fingerprint density at radius 2 is 1.80 bits per heavy atom. The zero-order valence-corrected chi connectivity index (χ0v) is 19.7. The molecule has 0 aliphatic carbocycles. The molecular formula is C24H31Cl2NO3. The number of piperidine rings is 1. The lowest BCUT2D eigenvalue weighted by Gasteiger charge is -2.50. The van der Waals surface area contributed by atoms with E-state index in [4.69, 9.17) is 32.7 Å². The number of aryl methyl sites for hydroxylation is 1. The first-order valence-corrected chi connectivity index (χ1v) is 11.1. The Hall–Kier alpha value is -1.46. The molecule has 1 fully saturated rings. The van der Waals surface area contributed by atoms with Crippen LogP contribution >= 0.6 is 23.2 Å². The molecule has 1 atom stereocenters. The number of ether oxygens (including phenoxy) is 2. The van der Waals surface area contributed by atoms with Gasteiger partial charge in [0.2, 0.25) is 0 Å². The number of hydrogen-bond donors (Lipinski definition) is 1. The van der Waals surface area contributed by atoms with Crippen molar-refractivity contribution in [3.8, 4) is 11.5 Å². The van der Waals surface area contributed by atoms with Crippen molar-refractivity contribution in [3.63, 3.8) is 0 Å². The van der Waals surface area contributed by atoms with Crippen molar-refractivity contribution in [2.75, 3.05) is 33.4 Å². The number of benzene rings is 2. The predicted octanol–water partition coefficient (Wildman–Crippen LogP) is 5.70. The molecule has 0 radical (unpaired) electrons. The van der Waals surface area contributed by atoms with E-state index in [1.54, 1.807) is 7.11 Å². The van der Waals surface area contributed by atoms with Crippen LogP contribution < -0.4 is 9.47 Å². The smallest absolute Gasteiger partial charge is 0.141 e. The first kappa shape index (κ1) is 23.2. The fraction of sp³-hybridized carbons (Fsp3) is 0.500. The SMILES string of the molecule is COc1cc(OCCCN2CCC(O)(c3ccc(Cl)cc3)C(C)(C)C2)c(C)cc1Cl. The highest BCUT2D eigenvalue weighted by molar-refractivity contribution is 6.32. The molecule has 2 aromatic carbocycles. The molecule has 30 heavy (non-hydrogen) atoms. The number of methoxy groups -OCH3 is 1. The Bertz CT molecular complexity index is 869. The van der Waals surface area contributed by atoms with Crippen LogP contribution in [0.5, 0.6) is 11.5 Å². The van der Waals surface area contributed by atoms with Crippen LogP contribution in [0, 0.1) is 12.3 Å². The molecule has 1 heterocycles. The molecule has 6 heteroatoms. The summed E-state index contributed by atoms with van der Waals surface area (Å²) in [6.07, 6.45) is 1.59. The number of halogens is 2. The molecule has 0 saturated carbocycles. The van der Waals surface area contributed by atoms with Crippen molar-refractivity contribution in [1.29, 1.82) is 0 Å². The Balaban J connectivity index is 1.54. The minimum absolute atomic E-state index is 0.278. The normalized spacial score (nSPS) is 21.4. The van der Waals surface area contributed by atoms with E-state index >= 15 is 0 Å². The van der Waals surface area contributed by atoms with Gasteiger partial charge in [-0.1, -0.05) is 49.2 Å². The van der Waals surface area contributed by atoms with E-state index in [2.05, 4.69) is 18.7 Å². The fourth-order valence-electron chi connectivity index (χ4n) is 4.30. The highest BCUT2D eigenvalue weighted by Gasteiger charge is 2.48. The van der Waals surface area contributed by atoms with E-state index in [9.17, 15) is 5.11 Å². The molecule has 0 spiro atoms. The first-order chi connectivity index (χ1) is 14.2. The van der Waals surface area contributed by atoms with Crippen molar-refractivity contribution in [2.24, 2.45) is 5.41 Å². The summed E-state index contributed by atoms with van der Waals surface area (Å²) < 4.78 is 11.2. The molecule has 1 aliphatic heterocycles. The van der Waals surface area contributed by atoms with Crippen LogP contribution in [0.3, 0.4) is 0 Å². The van der Waals surface area contributed by atoms with Crippen LogP contribution in [0.2, 0.25) is 10.0 Å². The molecule has 1 unspecified atom stereocenters. The lowest BCUT2D eigenvalue weighted by molar-refractivity contribution is -0.125. The Labute approximate surface area is 189 Å².